The third kappa shape index (κ3) is 4.31. The molecule has 0 aromatic heterocycles. The smallest absolute Gasteiger partial charge is 0.238 e. The lowest BCUT2D eigenvalue weighted by Crippen LogP contribution is -2.34. The summed E-state index contributed by atoms with van der Waals surface area (Å²) in [7, 11) is -3.25. The molecule has 1 aliphatic rings. The molecular formula is C14H20N2O3S. The monoisotopic (exact) mass is 296 g/mol. The lowest BCUT2D eigenvalue weighted by atomic mass is 10.2. The first-order chi connectivity index (χ1) is 9.45. The topological polar surface area (TPSA) is 75.3 Å². The quantitative estimate of drug-likeness (QED) is 0.864. The summed E-state index contributed by atoms with van der Waals surface area (Å²) in [6.45, 7) is 0.258. The van der Waals surface area contributed by atoms with Crippen LogP contribution in [0.15, 0.2) is 29.2 Å². The van der Waals surface area contributed by atoms with Gasteiger partial charge in [-0.3, -0.25) is 4.79 Å². The number of nitrogens with one attached hydrogen (secondary N) is 2. The van der Waals surface area contributed by atoms with Crippen LogP contribution in [0.1, 0.15) is 25.7 Å². The molecule has 0 heterocycles. The molecule has 1 aromatic carbocycles. The van der Waals surface area contributed by atoms with E-state index in [0.29, 0.717) is 11.7 Å². The van der Waals surface area contributed by atoms with Crippen molar-refractivity contribution in [2.75, 3.05) is 18.1 Å². The van der Waals surface area contributed by atoms with Crippen LogP contribution in [0, 0.1) is 0 Å². The molecule has 0 radical (unpaired) electrons. The van der Waals surface area contributed by atoms with E-state index < -0.39 is 9.84 Å². The molecule has 0 bridgehead atoms. The van der Waals surface area contributed by atoms with Crippen LogP contribution in [0.2, 0.25) is 0 Å². The Balaban J connectivity index is 1.90. The molecular weight excluding hydrogens is 276 g/mol. The largest absolute Gasteiger partial charge is 0.325 e. The molecule has 5 nitrogen and oxygen atoms in total. The van der Waals surface area contributed by atoms with Crippen LogP contribution in [0.4, 0.5) is 5.69 Å². The number of amides is 1. The molecule has 1 aromatic rings. The summed E-state index contributed by atoms with van der Waals surface area (Å²) in [5.74, 6) is -0.150. The zero-order valence-corrected chi connectivity index (χ0v) is 12.4. The molecule has 6 heteroatoms. The molecule has 20 heavy (non-hydrogen) atoms. The van der Waals surface area contributed by atoms with Crippen LogP contribution in [-0.4, -0.2) is 33.2 Å². The van der Waals surface area contributed by atoms with Crippen molar-refractivity contribution in [3.05, 3.63) is 24.3 Å². The van der Waals surface area contributed by atoms with Gasteiger partial charge in [-0.2, -0.15) is 0 Å². The van der Waals surface area contributed by atoms with Gasteiger partial charge >= 0.3 is 0 Å². The normalized spacial score (nSPS) is 16.2. The van der Waals surface area contributed by atoms with Crippen LogP contribution in [-0.2, 0) is 14.6 Å². The van der Waals surface area contributed by atoms with E-state index in [0.717, 1.165) is 19.1 Å². The molecule has 0 spiro atoms. The number of rotatable bonds is 5. The van der Waals surface area contributed by atoms with Crippen molar-refractivity contribution in [3.8, 4) is 0 Å². The van der Waals surface area contributed by atoms with Crippen LogP contribution >= 0.6 is 0 Å². The lowest BCUT2D eigenvalue weighted by molar-refractivity contribution is -0.115. The molecule has 2 rings (SSSR count). The van der Waals surface area contributed by atoms with Crippen molar-refractivity contribution in [1.29, 1.82) is 0 Å². The number of hydrogen-bond donors (Lipinski definition) is 2. The molecule has 0 atom stereocenters. The van der Waals surface area contributed by atoms with E-state index in [9.17, 15) is 13.2 Å². The van der Waals surface area contributed by atoms with Crippen LogP contribution in [0.25, 0.3) is 0 Å². The van der Waals surface area contributed by atoms with Crippen LogP contribution in [0.3, 0.4) is 0 Å². The highest BCUT2D eigenvalue weighted by molar-refractivity contribution is 7.90. The summed E-state index contributed by atoms with van der Waals surface area (Å²) >= 11 is 0. The molecule has 1 aliphatic carbocycles. The molecule has 1 fully saturated rings. The second kappa shape index (κ2) is 6.37. The van der Waals surface area contributed by atoms with Gasteiger partial charge in [-0.25, -0.2) is 8.42 Å². The van der Waals surface area contributed by atoms with Crippen molar-refractivity contribution < 1.29 is 13.2 Å². The van der Waals surface area contributed by atoms with Gasteiger partial charge in [0.25, 0.3) is 0 Å². The van der Waals surface area contributed by atoms with Crippen molar-refractivity contribution in [3.63, 3.8) is 0 Å². The van der Waals surface area contributed by atoms with E-state index >= 15 is 0 Å². The Labute approximate surface area is 119 Å². The van der Waals surface area contributed by atoms with Gasteiger partial charge < -0.3 is 10.6 Å². The highest BCUT2D eigenvalue weighted by Gasteiger charge is 2.15. The maximum absolute atomic E-state index is 11.8. The Morgan fingerprint density at radius 3 is 2.65 bits per heavy atom. The maximum atomic E-state index is 11.8. The Bertz CT molecular complexity index is 578. The highest BCUT2D eigenvalue weighted by Crippen LogP contribution is 2.17. The second-order valence-corrected chi connectivity index (χ2v) is 7.23. The number of carbonyl (C=O) groups excluding carboxylic acids is 1. The van der Waals surface area contributed by atoms with E-state index in [4.69, 9.17) is 0 Å². The van der Waals surface area contributed by atoms with Gasteiger partial charge in [0.05, 0.1) is 11.4 Å². The van der Waals surface area contributed by atoms with E-state index in [2.05, 4.69) is 10.6 Å². The minimum absolute atomic E-state index is 0.150. The number of hydrogen-bond acceptors (Lipinski definition) is 4. The minimum atomic E-state index is -3.25. The molecule has 1 amide bonds. The van der Waals surface area contributed by atoms with E-state index in [1.807, 2.05) is 0 Å². The third-order valence-electron chi connectivity index (χ3n) is 3.45. The Kier molecular flexibility index (Phi) is 4.77. The van der Waals surface area contributed by atoms with Gasteiger partial charge in [-0.05, 0) is 31.0 Å². The van der Waals surface area contributed by atoms with Gasteiger partial charge in [-0.15, -0.1) is 0 Å². The molecule has 0 aliphatic heterocycles. The Morgan fingerprint density at radius 2 is 2.00 bits per heavy atom. The van der Waals surface area contributed by atoms with Crippen molar-refractivity contribution in [1.82, 2.24) is 5.32 Å². The highest BCUT2D eigenvalue weighted by atomic mass is 32.2. The first-order valence-electron chi connectivity index (χ1n) is 6.78. The minimum Gasteiger partial charge on any atom is -0.325 e. The van der Waals surface area contributed by atoms with Gasteiger partial charge in [-0.1, -0.05) is 18.9 Å². The summed E-state index contributed by atoms with van der Waals surface area (Å²) in [6, 6.07) is 6.73. The maximum Gasteiger partial charge on any atom is 0.238 e. The zero-order chi connectivity index (χ0) is 14.6. The lowest BCUT2D eigenvalue weighted by Gasteiger charge is -2.12. The summed E-state index contributed by atoms with van der Waals surface area (Å²) < 4.78 is 22.9. The standard InChI is InChI=1S/C14H20N2O3S/c1-20(18,19)13-8-4-7-12(9-13)16-14(17)10-15-11-5-2-3-6-11/h4,7-9,11,15H,2-3,5-6,10H2,1H3,(H,16,17). The number of sulfone groups is 1. The number of anilines is 1. The molecule has 2 N–H and O–H groups in total. The van der Waals surface area contributed by atoms with E-state index in [-0.39, 0.29) is 17.3 Å². The summed E-state index contributed by atoms with van der Waals surface area (Å²) in [5.41, 5.74) is 0.506. The van der Waals surface area contributed by atoms with Crippen molar-refractivity contribution >= 4 is 21.4 Å². The molecule has 0 unspecified atom stereocenters. The average molecular weight is 296 g/mol. The number of carbonyl (C=O) groups is 1. The fourth-order valence-corrected chi connectivity index (χ4v) is 3.04. The Hall–Kier alpha value is -1.40. The summed E-state index contributed by atoms with van der Waals surface area (Å²) in [4.78, 5) is 12.0. The SMILES string of the molecule is CS(=O)(=O)c1cccc(NC(=O)CNC2CCCC2)c1. The second-order valence-electron chi connectivity index (χ2n) is 5.21. The predicted octanol–water partition coefficient (Wildman–Crippen LogP) is 1.56. The van der Waals surface area contributed by atoms with Crippen LogP contribution in [0.5, 0.6) is 0 Å². The fourth-order valence-electron chi connectivity index (χ4n) is 2.38. The summed E-state index contributed by atoms with van der Waals surface area (Å²) in [5, 5.41) is 5.93. The average Bonchev–Trinajstić information content (AvgIpc) is 2.89. The van der Waals surface area contributed by atoms with E-state index in [1.54, 1.807) is 12.1 Å². The molecule has 1 saturated carbocycles. The number of benzene rings is 1. The van der Waals surface area contributed by atoms with Gasteiger partial charge in [0.1, 0.15) is 0 Å². The third-order valence-corrected chi connectivity index (χ3v) is 4.56. The first kappa shape index (κ1) is 15.0. The van der Waals surface area contributed by atoms with Crippen molar-refractivity contribution in [2.24, 2.45) is 0 Å². The molecule has 110 valence electrons. The fraction of sp³-hybridized carbons (Fsp3) is 0.500. The first-order valence-corrected chi connectivity index (χ1v) is 8.67. The van der Waals surface area contributed by atoms with Gasteiger partial charge in [0.2, 0.25) is 5.91 Å². The molecule has 0 saturated heterocycles. The predicted molar refractivity (Wildman–Crippen MR) is 78.4 cm³/mol. The van der Waals surface area contributed by atoms with Crippen LogP contribution < -0.4 is 10.6 Å². The van der Waals surface area contributed by atoms with E-state index in [1.165, 1.54) is 25.0 Å². The Morgan fingerprint density at radius 1 is 1.30 bits per heavy atom. The van der Waals surface area contributed by atoms with Crippen molar-refractivity contribution in [2.45, 2.75) is 36.6 Å². The zero-order valence-electron chi connectivity index (χ0n) is 11.6. The summed E-state index contributed by atoms with van der Waals surface area (Å²) in [6.07, 6.45) is 5.83. The van der Waals surface area contributed by atoms with Gasteiger partial charge in [0, 0.05) is 18.0 Å². The van der Waals surface area contributed by atoms with Gasteiger partial charge in [0.15, 0.2) is 9.84 Å².